The van der Waals surface area contributed by atoms with Crippen molar-refractivity contribution in [3.05, 3.63) is 0 Å². The van der Waals surface area contributed by atoms with Gasteiger partial charge in [-0.2, -0.15) is 0 Å². The predicted molar refractivity (Wildman–Crippen MR) is 45.6 cm³/mol. The van der Waals surface area contributed by atoms with Gasteiger partial charge in [0.1, 0.15) is 0 Å². The first kappa shape index (κ1) is 7.75. The fourth-order valence-electron chi connectivity index (χ4n) is 0.951. The van der Waals surface area contributed by atoms with Gasteiger partial charge in [-0.3, -0.25) is 0 Å². The van der Waals surface area contributed by atoms with E-state index in [4.69, 9.17) is 4.74 Å². The summed E-state index contributed by atoms with van der Waals surface area (Å²) in [5.41, 5.74) is 0. The Morgan fingerprint density at radius 3 is 3.00 bits per heavy atom. The molecular weight excluding hydrogens is 229 g/mol. The van der Waals surface area contributed by atoms with Crippen molar-refractivity contribution in [3.63, 3.8) is 0 Å². The second-order valence-electron chi connectivity index (χ2n) is 2.26. The summed E-state index contributed by atoms with van der Waals surface area (Å²) in [5.74, 6) is 0. The third-order valence-electron chi connectivity index (χ3n) is 1.63. The summed E-state index contributed by atoms with van der Waals surface area (Å²) in [4.78, 5) is 0. The Bertz CT molecular complexity index is 89.1. The van der Waals surface area contributed by atoms with Gasteiger partial charge < -0.3 is 4.74 Å². The van der Waals surface area contributed by atoms with Gasteiger partial charge in [0, 0.05) is 35.5 Å². The van der Waals surface area contributed by atoms with Crippen LogP contribution in [0, 0.1) is 0 Å². The maximum Gasteiger partial charge on any atom is 0.0630 e. The van der Waals surface area contributed by atoms with Crippen LogP contribution in [0.4, 0.5) is 0 Å². The van der Waals surface area contributed by atoms with E-state index >= 15 is 0 Å². The SMILES string of the molecule is CC[C@@H]1COCCN1I. The van der Waals surface area contributed by atoms with E-state index in [1.165, 1.54) is 6.42 Å². The molecule has 0 aromatic carbocycles. The summed E-state index contributed by atoms with van der Waals surface area (Å²) < 4.78 is 7.63. The second-order valence-corrected chi connectivity index (χ2v) is 3.50. The molecule has 0 bridgehead atoms. The lowest BCUT2D eigenvalue weighted by atomic mass is 10.2. The quantitative estimate of drug-likeness (QED) is 0.509. The van der Waals surface area contributed by atoms with Crippen LogP contribution in [0.2, 0.25) is 0 Å². The molecule has 0 aromatic heterocycles. The number of halogens is 1. The molecule has 2 nitrogen and oxygen atoms in total. The molecule has 1 rings (SSSR count). The van der Waals surface area contributed by atoms with E-state index in [-0.39, 0.29) is 0 Å². The summed E-state index contributed by atoms with van der Waals surface area (Å²) >= 11 is 2.37. The minimum absolute atomic E-state index is 0.652. The Hall–Kier alpha value is 0.650. The standard InChI is InChI=1S/C6H12INO/c1-2-6-5-9-4-3-8(6)7/h6H,2-5H2,1H3/t6-/m1/s1. The number of hydrogen-bond donors (Lipinski definition) is 0. The Morgan fingerprint density at radius 1 is 1.78 bits per heavy atom. The highest BCUT2D eigenvalue weighted by Crippen LogP contribution is 2.13. The summed E-state index contributed by atoms with van der Waals surface area (Å²) in [7, 11) is 0. The van der Waals surface area contributed by atoms with Crippen LogP contribution in [0.5, 0.6) is 0 Å². The number of rotatable bonds is 1. The van der Waals surface area contributed by atoms with E-state index in [1.54, 1.807) is 0 Å². The van der Waals surface area contributed by atoms with Crippen LogP contribution in [0.1, 0.15) is 13.3 Å². The van der Waals surface area contributed by atoms with Crippen molar-refractivity contribution in [2.24, 2.45) is 0 Å². The van der Waals surface area contributed by atoms with Gasteiger partial charge in [0.25, 0.3) is 0 Å². The van der Waals surface area contributed by atoms with Gasteiger partial charge in [-0.25, -0.2) is 3.11 Å². The van der Waals surface area contributed by atoms with Gasteiger partial charge in [0.15, 0.2) is 0 Å². The van der Waals surface area contributed by atoms with E-state index in [2.05, 4.69) is 32.9 Å². The van der Waals surface area contributed by atoms with Crippen LogP contribution >= 0.6 is 22.9 Å². The van der Waals surface area contributed by atoms with Crippen LogP contribution in [-0.4, -0.2) is 28.9 Å². The molecule has 0 aliphatic carbocycles. The van der Waals surface area contributed by atoms with E-state index in [0.29, 0.717) is 6.04 Å². The maximum absolute atomic E-state index is 5.30. The van der Waals surface area contributed by atoms with Crippen molar-refractivity contribution in [1.82, 2.24) is 3.11 Å². The minimum Gasteiger partial charge on any atom is -0.378 e. The normalized spacial score (nSPS) is 30.7. The zero-order valence-electron chi connectivity index (χ0n) is 5.64. The molecule has 0 N–H and O–H groups in total. The molecule has 1 fully saturated rings. The monoisotopic (exact) mass is 241 g/mol. The number of hydrogen-bond acceptors (Lipinski definition) is 2. The van der Waals surface area contributed by atoms with Crippen molar-refractivity contribution < 1.29 is 4.74 Å². The fraction of sp³-hybridized carbons (Fsp3) is 1.00. The Morgan fingerprint density at radius 2 is 2.56 bits per heavy atom. The van der Waals surface area contributed by atoms with Crippen molar-refractivity contribution in [3.8, 4) is 0 Å². The summed E-state index contributed by atoms with van der Waals surface area (Å²) in [6.07, 6.45) is 1.20. The van der Waals surface area contributed by atoms with Gasteiger partial charge in [-0.05, 0) is 6.42 Å². The first-order valence-corrected chi connectivity index (χ1v) is 4.31. The lowest BCUT2D eigenvalue weighted by molar-refractivity contribution is 0.0438. The van der Waals surface area contributed by atoms with E-state index in [9.17, 15) is 0 Å². The lowest BCUT2D eigenvalue weighted by Crippen LogP contribution is -2.38. The first-order chi connectivity index (χ1) is 4.34. The Balaban J connectivity index is 2.30. The molecule has 1 heterocycles. The van der Waals surface area contributed by atoms with Crippen LogP contribution in [-0.2, 0) is 4.74 Å². The highest BCUT2D eigenvalue weighted by atomic mass is 127. The van der Waals surface area contributed by atoms with Crippen molar-refractivity contribution in [2.45, 2.75) is 19.4 Å². The topological polar surface area (TPSA) is 12.5 Å². The first-order valence-electron chi connectivity index (χ1n) is 3.34. The van der Waals surface area contributed by atoms with Crippen molar-refractivity contribution in [2.75, 3.05) is 19.8 Å². The molecule has 1 aliphatic rings. The molecular formula is C6H12INO. The molecule has 54 valence electrons. The third kappa shape index (κ3) is 2.05. The summed E-state index contributed by atoms with van der Waals surface area (Å²) in [6, 6.07) is 0.652. The summed E-state index contributed by atoms with van der Waals surface area (Å²) in [5, 5.41) is 0. The smallest absolute Gasteiger partial charge is 0.0630 e. The van der Waals surface area contributed by atoms with E-state index in [0.717, 1.165) is 19.8 Å². The third-order valence-corrected chi connectivity index (χ3v) is 2.90. The zero-order chi connectivity index (χ0) is 6.69. The molecule has 9 heavy (non-hydrogen) atoms. The second kappa shape index (κ2) is 3.73. The molecule has 1 aliphatic heterocycles. The van der Waals surface area contributed by atoms with E-state index < -0.39 is 0 Å². The molecule has 0 aromatic rings. The molecule has 3 heteroatoms. The van der Waals surface area contributed by atoms with Gasteiger partial charge in [0.2, 0.25) is 0 Å². The Kier molecular flexibility index (Phi) is 3.21. The van der Waals surface area contributed by atoms with Crippen LogP contribution in [0.25, 0.3) is 0 Å². The fourth-order valence-corrected chi connectivity index (χ4v) is 1.70. The lowest BCUT2D eigenvalue weighted by Gasteiger charge is -2.29. The van der Waals surface area contributed by atoms with E-state index in [1.807, 2.05) is 0 Å². The Labute approximate surface area is 70.0 Å². The highest BCUT2D eigenvalue weighted by Gasteiger charge is 2.17. The van der Waals surface area contributed by atoms with Crippen molar-refractivity contribution >= 4 is 22.9 Å². The van der Waals surface area contributed by atoms with Crippen LogP contribution < -0.4 is 0 Å². The van der Waals surface area contributed by atoms with Gasteiger partial charge >= 0.3 is 0 Å². The van der Waals surface area contributed by atoms with Gasteiger partial charge in [0.05, 0.1) is 13.2 Å². The number of ether oxygens (including phenoxy) is 1. The van der Waals surface area contributed by atoms with Crippen LogP contribution in [0.3, 0.4) is 0 Å². The molecule has 0 saturated carbocycles. The molecule has 0 unspecified atom stereocenters. The molecule has 0 amide bonds. The molecule has 0 radical (unpaired) electrons. The number of nitrogens with zero attached hydrogens (tertiary/aromatic N) is 1. The van der Waals surface area contributed by atoms with Gasteiger partial charge in [-0.15, -0.1) is 0 Å². The van der Waals surface area contributed by atoms with Crippen molar-refractivity contribution in [1.29, 1.82) is 0 Å². The average molecular weight is 241 g/mol. The average Bonchev–Trinajstić information content (AvgIpc) is 1.89. The molecule has 1 atom stereocenters. The highest BCUT2D eigenvalue weighted by molar-refractivity contribution is 14.1. The van der Waals surface area contributed by atoms with Gasteiger partial charge in [-0.1, -0.05) is 6.92 Å². The zero-order valence-corrected chi connectivity index (χ0v) is 7.80. The minimum atomic E-state index is 0.652. The summed E-state index contributed by atoms with van der Waals surface area (Å²) in [6.45, 7) is 5.10. The number of morpholine rings is 1. The predicted octanol–water partition coefficient (Wildman–Crippen LogP) is 1.45. The molecule has 1 saturated heterocycles. The van der Waals surface area contributed by atoms with Crippen LogP contribution in [0.15, 0.2) is 0 Å². The molecule has 0 spiro atoms. The maximum atomic E-state index is 5.30. The largest absolute Gasteiger partial charge is 0.378 e.